The molecule has 2 heterocycles. The van der Waals surface area contributed by atoms with Crippen LogP contribution in [0.4, 0.5) is 11.4 Å². The summed E-state index contributed by atoms with van der Waals surface area (Å²) in [5.74, 6) is -1.36. The average molecular weight is 437 g/mol. The molecule has 2 aromatic rings. The number of esters is 1. The van der Waals surface area contributed by atoms with Crippen LogP contribution in [0.2, 0.25) is 0 Å². The Morgan fingerprint density at radius 1 is 1.16 bits per heavy atom. The van der Waals surface area contributed by atoms with Crippen LogP contribution in [0.1, 0.15) is 42.6 Å². The maximum atomic E-state index is 13.6. The van der Waals surface area contributed by atoms with Crippen LogP contribution in [0.5, 0.6) is 0 Å². The molecular weight excluding hydrogens is 414 g/mol. The van der Waals surface area contributed by atoms with Crippen LogP contribution in [-0.2, 0) is 20.9 Å². The lowest BCUT2D eigenvalue weighted by Gasteiger charge is -2.48. The van der Waals surface area contributed by atoms with Gasteiger partial charge in [0.05, 0.1) is 21.7 Å². The van der Waals surface area contributed by atoms with Crippen LogP contribution in [0.25, 0.3) is 0 Å². The molecule has 166 valence electrons. The number of hydrogen-bond acceptors (Lipinski definition) is 6. The number of nitro benzene ring substituents is 1. The second-order valence-electron chi connectivity index (χ2n) is 8.33. The van der Waals surface area contributed by atoms with Crippen molar-refractivity contribution in [3.8, 4) is 0 Å². The van der Waals surface area contributed by atoms with Gasteiger partial charge in [-0.3, -0.25) is 24.6 Å². The minimum atomic E-state index is -1.61. The Kier molecular flexibility index (Phi) is 5.41. The van der Waals surface area contributed by atoms with Crippen molar-refractivity contribution in [3.05, 3.63) is 69.8 Å². The van der Waals surface area contributed by atoms with Crippen molar-refractivity contribution in [1.82, 2.24) is 4.90 Å². The van der Waals surface area contributed by atoms with E-state index in [4.69, 9.17) is 4.74 Å². The smallest absolute Gasteiger partial charge is 0.354 e. The third-order valence-corrected chi connectivity index (χ3v) is 5.80. The highest BCUT2D eigenvalue weighted by Gasteiger charge is 2.62. The number of ether oxygens (including phenoxy) is 1. The van der Waals surface area contributed by atoms with Crippen LogP contribution in [0, 0.1) is 16.0 Å². The van der Waals surface area contributed by atoms with E-state index in [0.29, 0.717) is 11.3 Å². The largest absolute Gasteiger partial charge is 0.457 e. The molecule has 1 unspecified atom stereocenters. The summed E-state index contributed by atoms with van der Waals surface area (Å²) < 4.78 is 5.56. The van der Waals surface area contributed by atoms with E-state index in [1.165, 1.54) is 28.0 Å². The SMILES string of the molecule is CC(C)CN1C(=O)c2ccccc2N2C(=O)CCC12C(=O)OCc1ccccc1[N+](=O)[O-]. The van der Waals surface area contributed by atoms with Gasteiger partial charge >= 0.3 is 5.97 Å². The lowest BCUT2D eigenvalue weighted by molar-refractivity contribution is -0.385. The van der Waals surface area contributed by atoms with Gasteiger partial charge in [-0.15, -0.1) is 0 Å². The summed E-state index contributed by atoms with van der Waals surface area (Å²) in [6, 6.07) is 12.7. The van der Waals surface area contributed by atoms with Crippen LogP contribution in [-0.4, -0.2) is 39.8 Å². The number of carbonyl (C=O) groups excluding carboxylic acids is 3. The molecule has 1 atom stereocenters. The molecule has 0 bridgehead atoms. The highest BCUT2D eigenvalue weighted by Crippen LogP contribution is 2.45. The third-order valence-electron chi connectivity index (χ3n) is 5.80. The molecular formula is C23H23N3O6. The van der Waals surface area contributed by atoms with Crippen molar-refractivity contribution < 1.29 is 24.0 Å². The highest BCUT2D eigenvalue weighted by molar-refractivity contribution is 6.15. The monoisotopic (exact) mass is 437 g/mol. The van der Waals surface area contributed by atoms with E-state index in [9.17, 15) is 24.5 Å². The number of benzene rings is 2. The van der Waals surface area contributed by atoms with Gasteiger partial charge in [-0.2, -0.15) is 0 Å². The van der Waals surface area contributed by atoms with Crippen molar-refractivity contribution in [2.75, 3.05) is 11.4 Å². The summed E-state index contributed by atoms with van der Waals surface area (Å²) in [7, 11) is 0. The second-order valence-corrected chi connectivity index (χ2v) is 8.33. The van der Waals surface area contributed by atoms with Crippen LogP contribution < -0.4 is 4.90 Å². The fourth-order valence-electron chi connectivity index (χ4n) is 4.44. The Labute approximate surface area is 184 Å². The standard InChI is InChI=1S/C23H23N3O6/c1-15(2)13-24-21(28)17-8-4-6-10-19(17)25-20(27)11-12-23(24,25)22(29)32-14-16-7-3-5-9-18(16)26(30)31/h3-10,15H,11-14H2,1-2H3. The summed E-state index contributed by atoms with van der Waals surface area (Å²) in [4.78, 5) is 53.5. The molecule has 1 saturated heterocycles. The maximum Gasteiger partial charge on any atom is 0.354 e. The van der Waals surface area contributed by atoms with Crippen LogP contribution in [0.3, 0.4) is 0 Å². The summed E-state index contributed by atoms with van der Waals surface area (Å²) in [6.45, 7) is 3.74. The number of rotatable bonds is 6. The van der Waals surface area contributed by atoms with E-state index in [0.717, 1.165) is 0 Å². The Morgan fingerprint density at radius 2 is 1.84 bits per heavy atom. The second kappa shape index (κ2) is 8.07. The number of anilines is 1. The predicted octanol–water partition coefficient (Wildman–Crippen LogP) is 3.27. The molecule has 0 spiro atoms. The fourth-order valence-corrected chi connectivity index (χ4v) is 4.44. The molecule has 2 aliphatic rings. The zero-order valence-corrected chi connectivity index (χ0v) is 17.8. The normalized spacial score (nSPS) is 19.7. The molecule has 0 aliphatic carbocycles. The van der Waals surface area contributed by atoms with Gasteiger partial charge in [0.2, 0.25) is 11.6 Å². The molecule has 9 heteroatoms. The lowest BCUT2D eigenvalue weighted by Crippen LogP contribution is -2.69. The number of para-hydroxylation sites is 2. The first-order valence-corrected chi connectivity index (χ1v) is 10.4. The third kappa shape index (κ3) is 3.30. The number of nitrogens with zero attached hydrogens (tertiary/aromatic N) is 3. The maximum absolute atomic E-state index is 13.6. The summed E-state index contributed by atoms with van der Waals surface area (Å²) in [5.41, 5.74) is -0.818. The quantitative estimate of drug-likeness (QED) is 0.390. The topological polar surface area (TPSA) is 110 Å². The van der Waals surface area contributed by atoms with Gasteiger partial charge in [0.25, 0.3) is 11.6 Å². The van der Waals surface area contributed by atoms with Crippen molar-refractivity contribution in [2.45, 2.75) is 39.0 Å². The molecule has 2 aromatic carbocycles. The number of fused-ring (bicyclic) bond motifs is 3. The van der Waals surface area contributed by atoms with E-state index >= 15 is 0 Å². The van der Waals surface area contributed by atoms with E-state index in [1.807, 2.05) is 13.8 Å². The summed E-state index contributed by atoms with van der Waals surface area (Å²) in [6.07, 6.45) is 0.172. The zero-order valence-electron chi connectivity index (χ0n) is 17.8. The first-order chi connectivity index (χ1) is 15.3. The van der Waals surface area contributed by atoms with Gasteiger partial charge in [0, 0.05) is 25.5 Å². The van der Waals surface area contributed by atoms with Crippen molar-refractivity contribution in [3.63, 3.8) is 0 Å². The van der Waals surface area contributed by atoms with Crippen molar-refractivity contribution >= 4 is 29.2 Å². The van der Waals surface area contributed by atoms with Crippen molar-refractivity contribution in [2.24, 2.45) is 5.92 Å². The minimum Gasteiger partial charge on any atom is -0.457 e. The van der Waals surface area contributed by atoms with Gasteiger partial charge in [-0.25, -0.2) is 4.79 Å². The van der Waals surface area contributed by atoms with Crippen LogP contribution >= 0.6 is 0 Å². The van der Waals surface area contributed by atoms with E-state index in [-0.39, 0.29) is 55.0 Å². The van der Waals surface area contributed by atoms with E-state index in [1.54, 1.807) is 30.3 Å². The fraction of sp³-hybridized carbons (Fsp3) is 0.348. The Bertz CT molecular complexity index is 1110. The van der Waals surface area contributed by atoms with Gasteiger partial charge in [0.1, 0.15) is 6.61 Å². The molecule has 0 N–H and O–H groups in total. The number of amides is 2. The Morgan fingerprint density at radius 3 is 2.56 bits per heavy atom. The number of hydrogen-bond donors (Lipinski definition) is 0. The molecule has 0 saturated carbocycles. The molecule has 1 fully saturated rings. The first kappa shape index (κ1) is 21.5. The zero-order chi connectivity index (χ0) is 23.0. The molecule has 4 rings (SSSR count). The van der Waals surface area contributed by atoms with Gasteiger partial charge in [-0.1, -0.05) is 38.1 Å². The van der Waals surface area contributed by atoms with E-state index < -0.39 is 16.6 Å². The molecule has 2 aliphatic heterocycles. The number of carbonyl (C=O) groups is 3. The van der Waals surface area contributed by atoms with Gasteiger partial charge in [0.15, 0.2) is 0 Å². The van der Waals surface area contributed by atoms with Gasteiger partial charge < -0.3 is 9.64 Å². The predicted molar refractivity (Wildman–Crippen MR) is 115 cm³/mol. The molecule has 9 nitrogen and oxygen atoms in total. The minimum absolute atomic E-state index is 0.0293. The highest BCUT2D eigenvalue weighted by atomic mass is 16.6. The summed E-state index contributed by atoms with van der Waals surface area (Å²) >= 11 is 0. The molecule has 0 radical (unpaired) electrons. The summed E-state index contributed by atoms with van der Waals surface area (Å²) in [5, 5.41) is 11.3. The Hall–Kier alpha value is -3.75. The average Bonchev–Trinajstić information content (AvgIpc) is 3.13. The molecule has 32 heavy (non-hydrogen) atoms. The lowest BCUT2D eigenvalue weighted by atomic mass is 9.95. The van der Waals surface area contributed by atoms with Crippen molar-refractivity contribution in [1.29, 1.82) is 0 Å². The van der Waals surface area contributed by atoms with Gasteiger partial charge in [-0.05, 0) is 24.1 Å². The molecule has 2 amide bonds. The van der Waals surface area contributed by atoms with Crippen LogP contribution in [0.15, 0.2) is 48.5 Å². The Balaban J connectivity index is 1.75. The number of nitro groups is 1. The molecule has 0 aromatic heterocycles. The first-order valence-electron chi connectivity index (χ1n) is 10.4. The van der Waals surface area contributed by atoms with E-state index in [2.05, 4.69) is 0 Å².